The molecular weight excluding hydrogens is 316 g/mol. The van der Waals surface area contributed by atoms with Crippen LogP contribution in [0, 0.1) is 0 Å². The van der Waals surface area contributed by atoms with Crippen molar-refractivity contribution in [2.24, 2.45) is 0 Å². The Balaban J connectivity index is 1.85. The molecule has 0 fully saturated rings. The fourth-order valence-electron chi connectivity index (χ4n) is 2.31. The van der Waals surface area contributed by atoms with E-state index in [4.69, 9.17) is 0 Å². The van der Waals surface area contributed by atoms with E-state index in [1.165, 1.54) is 6.26 Å². The number of nitrogens with one attached hydrogen (secondary N) is 1. The number of anilines is 1. The Kier molecular flexibility index (Phi) is 3.88. The van der Waals surface area contributed by atoms with Gasteiger partial charge in [0.2, 0.25) is 0 Å². The molecule has 114 valence electrons. The van der Waals surface area contributed by atoms with Crippen molar-refractivity contribution < 1.29 is 8.42 Å². The van der Waals surface area contributed by atoms with Crippen molar-refractivity contribution in [1.82, 2.24) is 4.98 Å². The van der Waals surface area contributed by atoms with Crippen LogP contribution in [-0.4, -0.2) is 19.7 Å². The minimum atomic E-state index is -3.15. The highest BCUT2D eigenvalue weighted by molar-refractivity contribution is 7.90. The Morgan fingerprint density at radius 2 is 1.86 bits per heavy atom. The first-order chi connectivity index (χ1) is 10.4. The summed E-state index contributed by atoms with van der Waals surface area (Å²) in [6.07, 6.45) is 3.01. The second-order valence-electron chi connectivity index (χ2n) is 5.20. The summed E-state index contributed by atoms with van der Waals surface area (Å²) in [4.78, 5) is 4.66. The molecule has 1 atom stereocenters. The SMILES string of the molecule is CC(Nc1ccnc2ccsc12)c1ccc(S(C)(=O)=O)cc1. The number of rotatable bonds is 4. The van der Waals surface area contributed by atoms with Crippen molar-refractivity contribution >= 4 is 37.1 Å². The van der Waals surface area contributed by atoms with Crippen LogP contribution < -0.4 is 5.32 Å². The fraction of sp³-hybridized carbons (Fsp3) is 0.188. The van der Waals surface area contributed by atoms with Gasteiger partial charge in [-0.1, -0.05) is 12.1 Å². The van der Waals surface area contributed by atoms with Gasteiger partial charge in [-0.05, 0) is 42.1 Å². The smallest absolute Gasteiger partial charge is 0.175 e. The van der Waals surface area contributed by atoms with E-state index in [2.05, 4.69) is 17.2 Å². The summed E-state index contributed by atoms with van der Waals surface area (Å²) < 4.78 is 24.1. The van der Waals surface area contributed by atoms with Crippen LogP contribution in [0.5, 0.6) is 0 Å². The third-order valence-corrected chi connectivity index (χ3v) is 5.59. The summed E-state index contributed by atoms with van der Waals surface area (Å²) >= 11 is 1.65. The number of pyridine rings is 1. The lowest BCUT2D eigenvalue weighted by Gasteiger charge is -2.16. The summed E-state index contributed by atoms with van der Waals surface area (Å²) in [7, 11) is -3.15. The van der Waals surface area contributed by atoms with Gasteiger partial charge in [-0.3, -0.25) is 4.98 Å². The van der Waals surface area contributed by atoms with Crippen LogP contribution in [-0.2, 0) is 9.84 Å². The van der Waals surface area contributed by atoms with E-state index in [1.807, 2.05) is 29.6 Å². The van der Waals surface area contributed by atoms with E-state index < -0.39 is 9.84 Å². The second-order valence-corrected chi connectivity index (χ2v) is 8.13. The third kappa shape index (κ3) is 2.98. The summed E-state index contributed by atoms with van der Waals surface area (Å²) in [5.74, 6) is 0. The molecule has 0 spiro atoms. The van der Waals surface area contributed by atoms with Gasteiger partial charge in [0.1, 0.15) is 0 Å². The quantitative estimate of drug-likeness (QED) is 0.788. The molecule has 0 bridgehead atoms. The molecular formula is C16H16N2O2S2. The predicted molar refractivity (Wildman–Crippen MR) is 91.2 cm³/mol. The van der Waals surface area contributed by atoms with Crippen LogP contribution in [0.2, 0.25) is 0 Å². The van der Waals surface area contributed by atoms with E-state index in [1.54, 1.807) is 29.7 Å². The third-order valence-electron chi connectivity index (χ3n) is 3.52. The number of benzene rings is 1. The molecule has 0 saturated carbocycles. The molecule has 2 heterocycles. The van der Waals surface area contributed by atoms with Crippen LogP contribution >= 0.6 is 11.3 Å². The van der Waals surface area contributed by atoms with Crippen LogP contribution in [0.15, 0.2) is 52.9 Å². The van der Waals surface area contributed by atoms with Gasteiger partial charge in [-0.2, -0.15) is 0 Å². The average Bonchev–Trinajstić information content (AvgIpc) is 2.96. The number of aromatic nitrogens is 1. The molecule has 1 unspecified atom stereocenters. The lowest BCUT2D eigenvalue weighted by atomic mass is 10.1. The van der Waals surface area contributed by atoms with Gasteiger partial charge < -0.3 is 5.32 Å². The van der Waals surface area contributed by atoms with Crippen molar-refractivity contribution in [2.45, 2.75) is 17.9 Å². The molecule has 1 N–H and O–H groups in total. The van der Waals surface area contributed by atoms with Gasteiger partial charge in [0.15, 0.2) is 9.84 Å². The first kappa shape index (κ1) is 15.0. The van der Waals surface area contributed by atoms with Gasteiger partial charge in [-0.25, -0.2) is 8.42 Å². The van der Waals surface area contributed by atoms with E-state index >= 15 is 0 Å². The zero-order chi connectivity index (χ0) is 15.7. The number of thiophene rings is 1. The summed E-state index contributed by atoms with van der Waals surface area (Å²) in [6.45, 7) is 2.05. The molecule has 0 amide bonds. The lowest BCUT2D eigenvalue weighted by molar-refractivity contribution is 0.602. The Morgan fingerprint density at radius 1 is 1.14 bits per heavy atom. The van der Waals surface area contributed by atoms with Gasteiger partial charge in [0.25, 0.3) is 0 Å². The number of nitrogens with zero attached hydrogens (tertiary/aromatic N) is 1. The average molecular weight is 332 g/mol. The van der Waals surface area contributed by atoms with Gasteiger partial charge >= 0.3 is 0 Å². The summed E-state index contributed by atoms with van der Waals surface area (Å²) in [5, 5.41) is 5.49. The minimum Gasteiger partial charge on any atom is -0.377 e. The number of sulfone groups is 1. The van der Waals surface area contributed by atoms with Crippen LogP contribution in [0.25, 0.3) is 10.2 Å². The van der Waals surface area contributed by atoms with E-state index in [9.17, 15) is 8.42 Å². The van der Waals surface area contributed by atoms with Crippen molar-refractivity contribution in [3.05, 3.63) is 53.5 Å². The maximum absolute atomic E-state index is 11.5. The first-order valence-electron chi connectivity index (χ1n) is 6.84. The fourth-order valence-corrected chi connectivity index (χ4v) is 3.77. The van der Waals surface area contributed by atoms with Gasteiger partial charge in [0.05, 0.1) is 20.8 Å². The molecule has 0 aliphatic rings. The van der Waals surface area contributed by atoms with Crippen molar-refractivity contribution in [2.75, 3.05) is 11.6 Å². The first-order valence-corrected chi connectivity index (χ1v) is 9.61. The highest BCUT2D eigenvalue weighted by Crippen LogP contribution is 2.30. The summed E-state index contributed by atoms with van der Waals surface area (Å²) in [6, 6.07) is 11.0. The molecule has 6 heteroatoms. The lowest BCUT2D eigenvalue weighted by Crippen LogP contribution is -2.07. The highest BCUT2D eigenvalue weighted by atomic mass is 32.2. The molecule has 0 radical (unpaired) electrons. The molecule has 2 aromatic heterocycles. The number of hydrogen-bond donors (Lipinski definition) is 1. The van der Waals surface area contributed by atoms with Crippen molar-refractivity contribution in [1.29, 1.82) is 0 Å². The number of fused-ring (bicyclic) bond motifs is 1. The van der Waals surface area contributed by atoms with E-state index in [0.717, 1.165) is 21.5 Å². The Hall–Kier alpha value is -1.92. The molecule has 4 nitrogen and oxygen atoms in total. The summed E-state index contributed by atoms with van der Waals surface area (Å²) in [5.41, 5.74) is 3.06. The zero-order valence-electron chi connectivity index (χ0n) is 12.3. The molecule has 0 aliphatic heterocycles. The largest absolute Gasteiger partial charge is 0.377 e. The van der Waals surface area contributed by atoms with Crippen LogP contribution in [0.1, 0.15) is 18.5 Å². The topological polar surface area (TPSA) is 59.1 Å². The molecule has 3 rings (SSSR count). The maximum atomic E-state index is 11.5. The van der Waals surface area contributed by atoms with Gasteiger partial charge in [-0.15, -0.1) is 11.3 Å². The highest BCUT2D eigenvalue weighted by Gasteiger charge is 2.11. The van der Waals surface area contributed by atoms with Crippen molar-refractivity contribution in [3.8, 4) is 0 Å². The van der Waals surface area contributed by atoms with Crippen LogP contribution in [0.4, 0.5) is 5.69 Å². The van der Waals surface area contributed by atoms with Crippen LogP contribution in [0.3, 0.4) is 0 Å². The molecule has 3 aromatic rings. The Bertz CT molecular complexity index is 899. The molecule has 0 saturated heterocycles. The maximum Gasteiger partial charge on any atom is 0.175 e. The van der Waals surface area contributed by atoms with Gasteiger partial charge in [0, 0.05) is 18.5 Å². The predicted octanol–water partition coefficient (Wildman–Crippen LogP) is 3.87. The minimum absolute atomic E-state index is 0.0707. The monoisotopic (exact) mass is 332 g/mol. The Labute approximate surface area is 133 Å². The molecule has 1 aromatic carbocycles. The second kappa shape index (κ2) is 5.70. The molecule has 0 aliphatic carbocycles. The van der Waals surface area contributed by atoms with E-state index in [-0.39, 0.29) is 6.04 Å². The zero-order valence-corrected chi connectivity index (χ0v) is 13.9. The number of hydrogen-bond acceptors (Lipinski definition) is 5. The Morgan fingerprint density at radius 3 is 2.55 bits per heavy atom. The molecule has 22 heavy (non-hydrogen) atoms. The normalized spacial score (nSPS) is 13.2. The van der Waals surface area contributed by atoms with E-state index in [0.29, 0.717) is 4.90 Å². The standard InChI is InChI=1S/C16H16N2O2S2/c1-11(12-3-5-13(6-4-12)22(2,19)20)18-15-7-9-17-14-8-10-21-16(14)15/h3-11H,1-2H3,(H,17,18). The van der Waals surface area contributed by atoms with Crippen molar-refractivity contribution in [3.63, 3.8) is 0 Å².